The van der Waals surface area contributed by atoms with Crippen molar-refractivity contribution in [3.05, 3.63) is 101 Å². The van der Waals surface area contributed by atoms with E-state index in [4.69, 9.17) is 4.74 Å². The summed E-state index contributed by atoms with van der Waals surface area (Å²) in [4.78, 5) is 24.4. The Bertz CT molecular complexity index is 881. The fourth-order valence-electron chi connectivity index (χ4n) is 2.56. The smallest absolute Gasteiger partial charge is 0.315 e. The highest BCUT2D eigenvalue weighted by molar-refractivity contribution is 6.09. The van der Waals surface area contributed by atoms with Crippen molar-refractivity contribution in [2.75, 3.05) is 0 Å². The van der Waals surface area contributed by atoms with Gasteiger partial charge >= 0.3 is 5.97 Å². The average Bonchev–Trinajstić information content (AvgIpc) is 2.64. The van der Waals surface area contributed by atoms with Crippen molar-refractivity contribution in [2.45, 2.75) is 13.3 Å². The molecule has 0 fully saturated rings. The molecule has 25 heavy (non-hydrogen) atoms. The van der Waals surface area contributed by atoms with Crippen molar-refractivity contribution in [3.8, 4) is 5.75 Å². The Hall–Kier alpha value is -3.20. The Morgan fingerprint density at radius 3 is 2.04 bits per heavy atom. The van der Waals surface area contributed by atoms with Crippen molar-refractivity contribution in [1.82, 2.24) is 0 Å². The summed E-state index contributed by atoms with van der Waals surface area (Å²) in [6.07, 6.45) is 0.220. The minimum Gasteiger partial charge on any atom is -0.426 e. The summed E-state index contributed by atoms with van der Waals surface area (Å²) in [6.45, 7) is 1.96. The molecule has 0 radical (unpaired) electrons. The zero-order chi connectivity index (χ0) is 17.6. The van der Waals surface area contributed by atoms with Gasteiger partial charge in [-0.25, -0.2) is 0 Å². The minimum absolute atomic E-state index is 0.0570. The first kappa shape index (κ1) is 16.7. The molecule has 0 amide bonds. The maximum absolute atomic E-state index is 12.4. The van der Waals surface area contributed by atoms with Crippen LogP contribution in [0.2, 0.25) is 0 Å². The molecule has 0 atom stereocenters. The number of hydrogen-bond acceptors (Lipinski definition) is 3. The fourth-order valence-corrected chi connectivity index (χ4v) is 2.56. The lowest BCUT2D eigenvalue weighted by atomic mass is 10.0. The number of ether oxygens (including phenoxy) is 1. The van der Waals surface area contributed by atoms with E-state index in [1.165, 1.54) is 0 Å². The summed E-state index contributed by atoms with van der Waals surface area (Å²) >= 11 is 0. The van der Waals surface area contributed by atoms with Crippen LogP contribution in [0.25, 0.3) is 0 Å². The summed E-state index contributed by atoms with van der Waals surface area (Å²) in [5.74, 6) is 0.0537. The third kappa shape index (κ3) is 4.21. The normalized spacial score (nSPS) is 10.3. The zero-order valence-corrected chi connectivity index (χ0v) is 13.9. The number of carbonyl (C=O) groups is 2. The summed E-state index contributed by atoms with van der Waals surface area (Å²) in [5.41, 5.74) is 3.20. The number of hydrogen-bond donors (Lipinski definition) is 0. The van der Waals surface area contributed by atoms with Gasteiger partial charge in [0, 0.05) is 11.1 Å². The lowest BCUT2D eigenvalue weighted by Gasteiger charge is -2.07. The van der Waals surface area contributed by atoms with Gasteiger partial charge < -0.3 is 4.74 Å². The van der Waals surface area contributed by atoms with Crippen LogP contribution in [0.3, 0.4) is 0 Å². The van der Waals surface area contributed by atoms with E-state index in [0.717, 1.165) is 11.1 Å². The second-order valence-corrected chi connectivity index (χ2v) is 5.80. The van der Waals surface area contributed by atoms with Crippen LogP contribution in [0, 0.1) is 6.92 Å². The zero-order valence-electron chi connectivity index (χ0n) is 13.9. The van der Waals surface area contributed by atoms with E-state index in [0.29, 0.717) is 16.9 Å². The number of rotatable bonds is 5. The highest BCUT2D eigenvalue weighted by Crippen LogP contribution is 2.17. The summed E-state index contributed by atoms with van der Waals surface area (Å²) in [5, 5.41) is 0. The molecule has 3 nitrogen and oxygen atoms in total. The number of ketones is 1. The molecular formula is C22H18O3. The molecule has 3 heteroatoms. The Kier molecular flexibility index (Phi) is 5.05. The third-order valence-corrected chi connectivity index (χ3v) is 3.98. The molecule has 0 bridgehead atoms. The van der Waals surface area contributed by atoms with Gasteiger partial charge in [0.05, 0.1) is 6.42 Å². The molecule has 0 unspecified atom stereocenters. The van der Waals surface area contributed by atoms with E-state index in [1.54, 1.807) is 36.4 Å². The molecule has 3 aromatic carbocycles. The largest absolute Gasteiger partial charge is 0.426 e. The van der Waals surface area contributed by atoms with E-state index in [2.05, 4.69) is 0 Å². The first-order valence-electron chi connectivity index (χ1n) is 8.08. The molecule has 0 heterocycles. The standard InChI is InChI=1S/C22H18O3/c1-16-7-5-6-10-19(16)15-21(23)25-20-13-11-18(12-14-20)22(24)17-8-3-2-4-9-17/h2-14H,15H2,1H3. The van der Waals surface area contributed by atoms with Crippen molar-refractivity contribution in [1.29, 1.82) is 0 Å². The van der Waals surface area contributed by atoms with Crippen LogP contribution in [0.5, 0.6) is 5.75 Å². The van der Waals surface area contributed by atoms with Gasteiger partial charge in [-0.15, -0.1) is 0 Å². The summed E-state index contributed by atoms with van der Waals surface area (Å²) < 4.78 is 5.36. The lowest BCUT2D eigenvalue weighted by molar-refractivity contribution is -0.133. The molecule has 3 aromatic rings. The van der Waals surface area contributed by atoms with Crippen molar-refractivity contribution in [2.24, 2.45) is 0 Å². The third-order valence-electron chi connectivity index (χ3n) is 3.98. The molecule has 0 N–H and O–H groups in total. The van der Waals surface area contributed by atoms with Gasteiger partial charge in [-0.2, -0.15) is 0 Å². The predicted molar refractivity (Wildman–Crippen MR) is 96.8 cm³/mol. The van der Waals surface area contributed by atoms with Crippen LogP contribution >= 0.6 is 0 Å². The second-order valence-electron chi connectivity index (χ2n) is 5.80. The monoisotopic (exact) mass is 330 g/mol. The van der Waals surface area contributed by atoms with Crippen LogP contribution in [-0.2, 0) is 11.2 Å². The van der Waals surface area contributed by atoms with E-state index in [1.807, 2.05) is 49.4 Å². The molecule has 0 spiro atoms. The highest BCUT2D eigenvalue weighted by Gasteiger charge is 2.11. The first-order chi connectivity index (χ1) is 12.1. The van der Waals surface area contributed by atoms with Gasteiger partial charge in [-0.1, -0.05) is 54.6 Å². The van der Waals surface area contributed by atoms with Gasteiger partial charge in [-0.3, -0.25) is 9.59 Å². The summed E-state index contributed by atoms with van der Waals surface area (Å²) in [6, 6.07) is 23.4. The molecule has 3 rings (SSSR count). The van der Waals surface area contributed by atoms with Crippen LogP contribution in [0.4, 0.5) is 0 Å². The van der Waals surface area contributed by atoms with E-state index in [-0.39, 0.29) is 18.2 Å². The molecular weight excluding hydrogens is 312 g/mol. The van der Waals surface area contributed by atoms with Gasteiger partial charge in [0.1, 0.15) is 5.75 Å². The molecule has 0 aliphatic rings. The number of aryl methyl sites for hydroxylation is 1. The molecule has 0 saturated heterocycles. The Labute approximate surface area is 146 Å². The average molecular weight is 330 g/mol. The van der Waals surface area contributed by atoms with Crippen molar-refractivity contribution >= 4 is 11.8 Å². The van der Waals surface area contributed by atoms with E-state index >= 15 is 0 Å². The minimum atomic E-state index is -0.323. The van der Waals surface area contributed by atoms with Gasteiger partial charge in [0.15, 0.2) is 5.78 Å². The second kappa shape index (κ2) is 7.58. The van der Waals surface area contributed by atoms with Crippen LogP contribution in [0.15, 0.2) is 78.9 Å². The molecule has 0 aliphatic carbocycles. The maximum Gasteiger partial charge on any atom is 0.315 e. The quantitative estimate of drug-likeness (QED) is 0.396. The Balaban J connectivity index is 1.66. The van der Waals surface area contributed by atoms with Crippen molar-refractivity contribution in [3.63, 3.8) is 0 Å². The van der Waals surface area contributed by atoms with E-state index < -0.39 is 0 Å². The SMILES string of the molecule is Cc1ccccc1CC(=O)Oc1ccc(C(=O)c2ccccc2)cc1. The van der Waals surface area contributed by atoms with E-state index in [9.17, 15) is 9.59 Å². The van der Waals surface area contributed by atoms with Gasteiger partial charge in [0.2, 0.25) is 0 Å². The fraction of sp³-hybridized carbons (Fsp3) is 0.0909. The number of carbonyl (C=O) groups excluding carboxylic acids is 2. The van der Waals surface area contributed by atoms with Crippen LogP contribution in [-0.4, -0.2) is 11.8 Å². The van der Waals surface area contributed by atoms with Crippen molar-refractivity contribution < 1.29 is 14.3 Å². The Morgan fingerprint density at radius 1 is 0.760 bits per heavy atom. The molecule has 124 valence electrons. The molecule has 0 saturated carbocycles. The lowest BCUT2D eigenvalue weighted by Crippen LogP contribution is -2.12. The summed E-state index contributed by atoms with van der Waals surface area (Å²) in [7, 11) is 0. The molecule has 0 aromatic heterocycles. The highest BCUT2D eigenvalue weighted by atomic mass is 16.5. The van der Waals surface area contributed by atoms with Gasteiger partial charge in [0.25, 0.3) is 0 Å². The number of esters is 1. The van der Waals surface area contributed by atoms with Gasteiger partial charge in [-0.05, 0) is 42.3 Å². The molecule has 0 aliphatic heterocycles. The Morgan fingerprint density at radius 2 is 1.36 bits per heavy atom. The number of benzene rings is 3. The van der Waals surface area contributed by atoms with Crippen LogP contribution in [0.1, 0.15) is 27.0 Å². The predicted octanol–water partition coefficient (Wildman–Crippen LogP) is 4.37. The first-order valence-corrected chi connectivity index (χ1v) is 8.08. The topological polar surface area (TPSA) is 43.4 Å². The van der Waals surface area contributed by atoms with Crippen LogP contribution < -0.4 is 4.74 Å². The maximum atomic E-state index is 12.4.